The van der Waals surface area contributed by atoms with Crippen LogP contribution in [0.1, 0.15) is 49.7 Å². The van der Waals surface area contributed by atoms with Crippen LogP contribution in [0.25, 0.3) is 0 Å². The van der Waals surface area contributed by atoms with Crippen LogP contribution < -0.4 is 15.8 Å². The summed E-state index contributed by atoms with van der Waals surface area (Å²) >= 11 is 0. The third-order valence-electron chi connectivity index (χ3n) is 8.71. The normalized spacial score (nSPS) is 35.8. The summed E-state index contributed by atoms with van der Waals surface area (Å²) < 4.78 is 13.0. The number of carboxylic acids is 1. The smallest absolute Gasteiger partial charge is 0.320 e. The van der Waals surface area contributed by atoms with Gasteiger partial charge in [-0.3, -0.25) is 10.1 Å². The molecule has 8 heteroatoms. The largest absolute Gasteiger partial charge is 0.504 e. The minimum absolute atomic E-state index is 0.140. The Bertz CT molecular complexity index is 910. The Kier molecular flexibility index (Phi) is 5.40. The van der Waals surface area contributed by atoms with E-state index in [4.69, 9.17) is 15.2 Å². The number of nitrogens with two attached hydrogens (primary N) is 1. The summed E-state index contributed by atoms with van der Waals surface area (Å²) in [5, 5.41) is 24.0. The number of nitrogens with one attached hydrogen (secondary N) is 1. The molecule has 5 rings (SSSR count). The number of benzene rings is 1. The van der Waals surface area contributed by atoms with E-state index in [1.54, 1.807) is 13.2 Å². The van der Waals surface area contributed by atoms with Gasteiger partial charge in [-0.2, -0.15) is 0 Å². The van der Waals surface area contributed by atoms with Gasteiger partial charge < -0.3 is 30.3 Å². The number of likely N-dealkylation sites (N-methyl/N-ethyl adjacent to an activating group) is 1. The van der Waals surface area contributed by atoms with Gasteiger partial charge in [0.25, 0.3) is 0 Å². The van der Waals surface area contributed by atoms with Crippen molar-refractivity contribution in [2.75, 3.05) is 27.2 Å². The first kappa shape index (κ1) is 21.9. The molecule has 2 aliphatic carbocycles. The average Bonchev–Trinajstić information content (AvgIpc) is 3.14. The van der Waals surface area contributed by atoms with E-state index in [9.17, 15) is 15.0 Å². The highest BCUT2D eigenvalue weighted by Crippen LogP contribution is 2.66. The third-order valence-corrected chi connectivity index (χ3v) is 8.71. The molecule has 1 saturated carbocycles. The Hall–Kier alpha value is -1.87. The highest BCUT2D eigenvalue weighted by molar-refractivity contribution is 5.73. The Labute approximate surface area is 189 Å². The average molecular weight is 446 g/mol. The van der Waals surface area contributed by atoms with Crippen molar-refractivity contribution in [3.63, 3.8) is 0 Å². The van der Waals surface area contributed by atoms with Crippen molar-refractivity contribution in [3.8, 4) is 11.5 Å². The number of phenolic OH excluding ortho intramolecular Hbond substituents is 1. The fourth-order valence-electron chi connectivity index (χ4n) is 7.34. The van der Waals surface area contributed by atoms with Crippen molar-refractivity contribution < 1.29 is 24.5 Å². The molecule has 4 aliphatic rings. The molecule has 1 aromatic rings. The maximum atomic E-state index is 12.0. The number of carboxylic acid groups (broad SMARTS) is 1. The molecule has 1 saturated heterocycles. The number of unbranched alkanes of at least 4 members (excludes halogenated alkanes) is 1. The highest BCUT2D eigenvalue weighted by Gasteiger charge is 2.73. The maximum Gasteiger partial charge on any atom is 0.320 e. The van der Waals surface area contributed by atoms with Gasteiger partial charge in [0.1, 0.15) is 12.1 Å². The molecule has 1 unspecified atom stereocenters. The van der Waals surface area contributed by atoms with Gasteiger partial charge >= 0.3 is 5.97 Å². The van der Waals surface area contributed by atoms with Crippen LogP contribution in [0.4, 0.5) is 0 Å². The molecule has 2 fully saturated rings. The zero-order chi connectivity index (χ0) is 22.7. The van der Waals surface area contributed by atoms with E-state index in [1.165, 1.54) is 5.56 Å². The minimum atomic E-state index is -0.841. The highest BCUT2D eigenvalue weighted by atomic mass is 16.5. The van der Waals surface area contributed by atoms with Gasteiger partial charge in [-0.25, -0.2) is 0 Å². The van der Waals surface area contributed by atoms with Crippen molar-refractivity contribution in [2.45, 2.75) is 80.2 Å². The number of nitrogens with zero attached hydrogens (tertiary/aromatic N) is 1. The molecule has 6 atom stereocenters. The number of phenols is 1. The number of ether oxygens (including phenoxy) is 2. The molecule has 0 radical (unpaired) electrons. The lowest BCUT2D eigenvalue weighted by Crippen LogP contribution is -2.78. The molecule has 2 bridgehead atoms. The number of piperidine rings is 1. The van der Waals surface area contributed by atoms with Crippen molar-refractivity contribution in [2.24, 2.45) is 5.73 Å². The number of likely N-dealkylation sites (tertiary alicyclic amines) is 1. The van der Waals surface area contributed by atoms with Crippen LogP contribution in [0.2, 0.25) is 0 Å². The molecule has 176 valence electrons. The number of aliphatic carboxylic acids is 1. The van der Waals surface area contributed by atoms with Gasteiger partial charge in [0.05, 0.1) is 11.0 Å². The summed E-state index contributed by atoms with van der Waals surface area (Å²) in [6, 6.07) is 3.18. The topological polar surface area (TPSA) is 117 Å². The lowest BCUT2D eigenvalue weighted by atomic mass is 9.48. The molecule has 32 heavy (non-hydrogen) atoms. The lowest BCUT2D eigenvalue weighted by Gasteiger charge is -2.65. The number of hydrogen-bond acceptors (Lipinski definition) is 7. The number of hydrogen-bond donors (Lipinski definition) is 4. The summed E-state index contributed by atoms with van der Waals surface area (Å²) in [5.41, 5.74) is 7.08. The first-order valence-corrected chi connectivity index (χ1v) is 11.9. The van der Waals surface area contributed by atoms with E-state index in [0.717, 1.165) is 50.6 Å². The molecule has 5 N–H and O–H groups in total. The number of methoxy groups -OCH3 is 1. The van der Waals surface area contributed by atoms with Crippen LogP contribution in [0.3, 0.4) is 0 Å². The molecule has 1 aromatic carbocycles. The van der Waals surface area contributed by atoms with Crippen molar-refractivity contribution in [1.82, 2.24) is 10.2 Å². The second-order valence-corrected chi connectivity index (χ2v) is 9.99. The monoisotopic (exact) mass is 445 g/mol. The molecule has 2 heterocycles. The van der Waals surface area contributed by atoms with Crippen molar-refractivity contribution >= 4 is 5.97 Å². The van der Waals surface area contributed by atoms with Crippen LogP contribution in [0, 0.1) is 0 Å². The van der Waals surface area contributed by atoms with Crippen LogP contribution in [0.15, 0.2) is 12.1 Å². The zero-order valence-electron chi connectivity index (χ0n) is 19.0. The molecule has 0 aromatic heterocycles. The van der Waals surface area contributed by atoms with Crippen LogP contribution >= 0.6 is 0 Å². The summed E-state index contributed by atoms with van der Waals surface area (Å²) in [5.74, 6) is -0.112. The first-order valence-electron chi connectivity index (χ1n) is 11.9. The van der Waals surface area contributed by atoms with Crippen LogP contribution in [0.5, 0.6) is 11.5 Å². The molecule has 8 nitrogen and oxygen atoms in total. The molecular formula is C24H35N3O5. The number of carbonyl (C=O) groups is 1. The summed E-state index contributed by atoms with van der Waals surface area (Å²) in [7, 11) is 3.97. The van der Waals surface area contributed by atoms with Crippen LogP contribution in [-0.4, -0.2) is 78.2 Å². The van der Waals surface area contributed by atoms with Gasteiger partial charge in [-0.15, -0.1) is 0 Å². The Morgan fingerprint density at radius 1 is 1.41 bits per heavy atom. The Morgan fingerprint density at radius 2 is 2.22 bits per heavy atom. The van der Waals surface area contributed by atoms with E-state index in [1.807, 2.05) is 6.07 Å². The van der Waals surface area contributed by atoms with E-state index in [-0.39, 0.29) is 23.9 Å². The van der Waals surface area contributed by atoms with Crippen molar-refractivity contribution in [3.05, 3.63) is 23.3 Å². The standard InChI is InChI=1S/C24H35N3O5/c1-27-12-10-23-19-14-6-7-17(28)20(19)32-21(23)15(8-9-24(23,31-2)18(27)13-14)26-16(22(29)30)5-3-4-11-25/h6-7,15-16,18,21,26,28H,3-5,8-13,25H2,1-2H3,(H,29,30)/t15-,16-,18?,21-,23-,24+/m0/s1. The fraction of sp³-hybridized carbons (Fsp3) is 0.708. The van der Waals surface area contributed by atoms with E-state index >= 15 is 0 Å². The second-order valence-electron chi connectivity index (χ2n) is 9.99. The van der Waals surface area contributed by atoms with Gasteiger partial charge in [0, 0.05) is 24.8 Å². The Morgan fingerprint density at radius 3 is 2.94 bits per heavy atom. The predicted octanol–water partition coefficient (Wildman–Crippen LogP) is 1.37. The van der Waals surface area contributed by atoms with Gasteiger partial charge in [-0.1, -0.05) is 12.5 Å². The molecular weight excluding hydrogens is 410 g/mol. The number of aromatic hydroxyl groups is 1. The predicted molar refractivity (Wildman–Crippen MR) is 119 cm³/mol. The minimum Gasteiger partial charge on any atom is -0.504 e. The second kappa shape index (κ2) is 7.87. The quantitative estimate of drug-likeness (QED) is 0.443. The summed E-state index contributed by atoms with van der Waals surface area (Å²) in [6.07, 6.45) is 5.12. The summed E-state index contributed by atoms with van der Waals surface area (Å²) in [4.78, 5) is 14.4. The lowest BCUT2D eigenvalue weighted by molar-refractivity contribution is -0.204. The molecule has 1 spiro atoms. The maximum absolute atomic E-state index is 12.0. The zero-order valence-corrected chi connectivity index (χ0v) is 19.0. The van der Waals surface area contributed by atoms with E-state index in [2.05, 4.69) is 17.3 Å². The van der Waals surface area contributed by atoms with Gasteiger partial charge in [0.15, 0.2) is 11.5 Å². The van der Waals surface area contributed by atoms with E-state index < -0.39 is 23.0 Å². The SMILES string of the molecule is CO[C@@]12CC[C@H](N[C@@H](CCCCN)C(=O)O)[C@@H]3Oc4c(O)ccc5c4[C@@]31CCN(C)C2C5. The van der Waals surface area contributed by atoms with Gasteiger partial charge in [0.2, 0.25) is 0 Å². The molecule has 2 aliphatic heterocycles. The Balaban J connectivity index is 1.56. The summed E-state index contributed by atoms with van der Waals surface area (Å²) in [6.45, 7) is 1.48. The third kappa shape index (κ3) is 2.79. The van der Waals surface area contributed by atoms with Gasteiger partial charge in [-0.05, 0) is 70.3 Å². The molecule has 0 amide bonds. The fourth-order valence-corrected chi connectivity index (χ4v) is 7.34. The van der Waals surface area contributed by atoms with Crippen LogP contribution in [-0.2, 0) is 21.4 Å². The number of rotatable bonds is 8. The van der Waals surface area contributed by atoms with Crippen molar-refractivity contribution in [1.29, 1.82) is 0 Å². The first-order chi connectivity index (χ1) is 15.4. The van der Waals surface area contributed by atoms with E-state index in [0.29, 0.717) is 18.7 Å².